The topological polar surface area (TPSA) is 0 Å². The van der Waals surface area contributed by atoms with Crippen LogP contribution in [0.15, 0.2) is 36.4 Å². The molecule has 2 rings (SSSR count). The number of hydrogen-bond acceptors (Lipinski definition) is 0. The molecule has 0 heterocycles. The first-order valence-corrected chi connectivity index (χ1v) is 6.22. The van der Waals surface area contributed by atoms with Crippen molar-refractivity contribution in [3.8, 4) is 0 Å². The zero-order valence-corrected chi connectivity index (χ0v) is 10.5. The van der Waals surface area contributed by atoms with Crippen molar-refractivity contribution in [3.63, 3.8) is 0 Å². The van der Waals surface area contributed by atoms with Crippen LogP contribution in [0, 0.1) is 0 Å². The SMILES string of the molecule is C/C=C\C(=C/CC)c1ccc2c(c1)C(C)C2. The van der Waals surface area contributed by atoms with Gasteiger partial charge in [0.05, 0.1) is 0 Å². The number of allylic oxidation sites excluding steroid dienone is 4. The molecule has 1 aliphatic rings. The second-order valence-electron chi connectivity index (χ2n) is 4.59. The third-order valence-corrected chi connectivity index (χ3v) is 3.31. The van der Waals surface area contributed by atoms with Crippen LogP contribution in [0.5, 0.6) is 0 Å². The third kappa shape index (κ3) is 1.97. The molecule has 0 radical (unpaired) electrons. The molecule has 84 valence electrons. The molecule has 1 atom stereocenters. The quantitative estimate of drug-likeness (QED) is 0.636. The molecule has 0 amide bonds. The molecular weight excluding hydrogens is 192 g/mol. The smallest absolute Gasteiger partial charge is 0.0147 e. The highest BCUT2D eigenvalue weighted by molar-refractivity contribution is 5.75. The average Bonchev–Trinajstić information content (AvgIpc) is 2.28. The summed E-state index contributed by atoms with van der Waals surface area (Å²) in [6.45, 7) is 6.57. The van der Waals surface area contributed by atoms with Crippen molar-refractivity contribution in [2.24, 2.45) is 0 Å². The average molecular weight is 212 g/mol. The van der Waals surface area contributed by atoms with Crippen LogP contribution < -0.4 is 0 Å². The zero-order chi connectivity index (χ0) is 11.5. The Morgan fingerprint density at radius 1 is 1.44 bits per heavy atom. The molecule has 0 fully saturated rings. The fourth-order valence-electron chi connectivity index (χ4n) is 2.41. The lowest BCUT2D eigenvalue weighted by Gasteiger charge is -2.27. The lowest BCUT2D eigenvalue weighted by molar-refractivity contribution is 0.667. The normalized spacial score (nSPS) is 19.7. The molecule has 0 bridgehead atoms. The Morgan fingerprint density at radius 2 is 2.25 bits per heavy atom. The summed E-state index contributed by atoms with van der Waals surface area (Å²) in [6.07, 6.45) is 8.96. The summed E-state index contributed by atoms with van der Waals surface area (Å²) in [5.41, 5.74) is 5.80. The van der Waals surface area contributed by atoms with Crippen LogP contribution in [0.1, 0.15) is 49.8 Å². The van der Waals surface area contributed by atoms with E-state index in [1.165, 1.54) is 23.1 Å². The predicted octanol–water partition coefficient (Wildman–Crippen LogP) is 4.72. The summed E-state index contributed by atoms with van der Waals surface area (Å²) in [6, 6.07) is 6.91. The van der Waals surface area contributed by atoms with Crippen molar-refractivity contribution >= 4 is 5.57 Å². The van der Waals surface area contributed by atoms with E-state index in [9.17, 15) is 0 Å². The maximum atomic E-state index is 2.37. The zero-order valence-electron chi connectivity index (χ0n) is 10.5. The van der Waals surface area contributed by atoms with E-state index < -0.39 is 0 Å². The van der Waals surface area contributed by atoms with Crippen LogP contribution in [0.2, 0.25) is 0 Å². The Balaban J connectivity index is 2.36. The van der Waals surface area contributed by atoms with Crippen LogP contribution >= 0.6 is 0 Å². The molecule has 0 saturated heterocycles. The maximum absolute atomic E-state index is 2.37. The van der Waals surface area contributed by atoms with Gasteiger partial charge in [0.15, 0.2) is 0 Å². The van der Waals surface area contributed by atoms with Gasteiger partial charge in [-0.25, -0.2) is 0 Å². The Labute approximate surface area is 98.7 Å². The van der Waals surface area contributed by atoms with Gasteiger partial charge in [-0.15, -0.1) is 0 Å². The summed E-state index contributed by atoms with van der Waals surface area (Å²) in [7, 11) is 0. The molecule has 0 heteroatoms. The highest BCUT2D eigenvalue weighted by atomic mass is 14.3. The van der Waals surface area contributed by atoms with E-state index in [-0.39, 0.29) is 0 Å². The third-order valence-electron chi connectivity index (χ3n) is 3.31. The van der Waals surface area contributed by atoms with E-state index in [0.717, 1.165) is 12.3 Å². The summed E-state index contributed by atoms with van der Waals surface area (Å²) < 4.78 is 0. The summed E-state index contributed by atoms with van der Waals surface area (Å²) >= 11 is 0. The molecule has 1 aromatic rings. The lowest BCUT2D eigenvalue weighted by Crippen LogP contribution is -2.13. The van der Waals surface area contributed by atoms with Crippen LogP contribution in [0.4, 0.5) is 0 Å². The highest BCUT2D eigenvalue weighted by Crippen LogP contribution is 2.36. The number of fused-ring (bicyclic) bond motifs is 1. The molecular formula is C16H20. The Morgan fingerprint density at radius 3 is 2.88 bits per heavy atom. The molecule has 0 aromatic heterocycles. The molecule has 0 spiro atoms. The summed E-state index contributed by atoms with van der Waals surface area (Å²) in [5.74, 6) is 0.753. The maximum Gasteiger partial charge on any atom is -0.0147 e. The van der Waals surface area contributed by atoms with Gasteiger partial charge >= 0.3 is 0 Å². The summed E-state index contributed by atoms with van der Waals surface area (Å²) in [5, 5.41) is 0. The van der Waals surface area contributed by atoms with Gasteiger partial charge in [-0.2, -0.15) is 0 Å². The number of rotatable bonds is 3. The first kappa shape index (κ1) is 11.2. The lowest BCUT2D eigenvalue weighted by atomic mass is 9.77. The monoisotopic (exact) mass is 212 g/mol. The van der Waals surface area contributed by atoms with Gasteiger partial charge < -0.3 is 0 Å². The number of hydrogen-bond donors (Lipinski definition) is 0. The molecule has 1 unspecified atom stereocenters. The van der Waals surface area contributed by atoms with E-state index >= 15 is 0 Å². The van der Waals surface area contributed by atoms with Gasteiger partial charge in [-0.1, -0.05) is 50.3 Å². The standard InChI is InChI=1S/C16H20/c1-4-6-13(7-5-2)14-8-9-15-10-12(3)16(15)11-14/h4,6-9,11-12H,5,10H2,1-3H3/b6-4-,13-7+. The Hall–Kier alpha value is -1.30. The largest absolute Gasteiger partial charge is 0.0871 e. The van der Waals surface area contributed by atoms with Crippen LogP contribution in [0.3, 0.4) is 0 Å². The van der Waals surface area contributed by atoms with Gasteiger partial charge in [-0.05, 0) is 47.9 Å². The second kappa shape index (κ2) is 4.69. The molecule has 0 nitrogen and oxygen atoms in total. The van der Waals surface area contributed by atoms with E-state index in [1.807, 2.05) is 0 Å². The van der Waals surface area contributed by atoms with E-state index in [1.54, 1.807) is 5.56 Å². The van der Waals surface area contributed by atoms with Crippen molar-refractivity contribution in [3.05, 3.63) is 53.1 Å². The van der Waals surface area contributed by atoms with E-state index in [4.69, 9.17) is 0 Å². The van der Waals surface area contributed by atoms with Crippen molar-refractivity contribution < 1.29 is 0 Å². The van der Waals surface area contributed by atoms with Crippen LogP contribution in [0.25, 0.3) is 5.57 Å². The Bertz CT molecular complexity index is 435. The molecule has 16 heavy (non-hydrogen) atoms. The van der Waals surface area contributed by atoms with Crippen molar-refractivity contribution in [1.82, 2.24) is 0 Å². The van der Waals surface area contributed by atoms with Gasteiger partial charge in [0, 0.05) is 0 Å². The summed E-state index contributed by atoms with van der Waals surface area (Å²) in [4.78, 5) is 0. The van der Waals surface area contributed by atoms with E-state index in [0.29, 0.717) is 0 Å². The predicted molar refractivity (Wildman–Crippen MR) is 71.6 cm³/mol. The van der Waals surface area contributed by atoms with Crippen LogP contribution in [-0.4, -0.2) is 0 Å². The van der Waals surface area contributed by atoms with Gasteiger partial charge in [0.25, 0.3) is 0 Å². The molecule has 0 aliphatic heterocycles. The first-order valence-electron chi connectivity index (χ1n) is 6.22. The van der Waals surface area contributed by atoms with Gasteiger partial charge in [-0.3, -0.25) is 0 Å². The van der Waals surface area contributed by atoms with Crippen molar-refractivity contribution in [1.29, 1.82) is 0 Å². The van der Waals surface area contributed by atoms with Gasteiger partial charge in [0.1, 0.15) is 0 Å². The van der Waals surface area contributed by atoms with Crippen molar-refractivity contribution in [2.45, 2.75) is 39.5 Å². The minimum atomic E-state index is 0.753. The fraction of sp³-hybridized carbons (Fsp3) is 0.375. The minimum Gasteiger partial charge on any atom is -0.0871 e. The van der Waals surface area contributed by atoms with E-state index in [2.05, 4.69) is 57.2 Å². The van der Waals surface area contributed by atoms with Crippen LogP contribution in [-0.2, 0) is 6.42 Å². The minimum absolute atomic E-state index is 0.753. The van der Waals surface area contributed by atoms with Crippen molar-refractivity contribution in [2.75, 3.05) is 0 Å². The second-order valence-corrected chi connectivity index (χ2v) is 4.59. The molecule has 1 aliphatic carbocycles. The highest BCUT2D eigenvalue weighted by Gasteiger charge is 2.21. The first-order chi connectivity index (χ1) is 7.76. The van der Waals surface area contributed by atoms with Gasteiger partial charge in [0.2, 0.25) is 0 Å². The molecule has 0 saturated carbocycles. The molecule has 1 aromatic carbocycles. The Kier molecular flexibility index (Phi) is 3.28. The fourth-order valence-corrected chi connectivity index (χ4v) is 2.41. The molecule has 0 N–H and O–H groups in total. The number of benzene rings is 1.